The van der Waals surface area contributed by atoms with Gasteiger partial charge in [-0.25, -0.2) is 9.97 Å². The van der Waals surface area contributed by atoms with Crippen molar-refractivity contribution in [3.8, 4) is 0 Å². The van der Waals surface area contributed by atoms with Crippen molar-refractivity contribution in [3.05, 3.63) is 10.8 Å². The van der Waals surface area contributed by atoms with E-state index in [-0.39, 0.29) is 0 Å². The highest BCUT2D eigenvalue weighted by Gasteiger charge is 2.31. The van der Waals surface area contributed by atoms with Gasteiger partial charge in [0.1, 0.15) is 22.4 Å². The van der Waals surface area contributed by atoms with E-state index in [0.29, 0.717) is 5.41 Å². The van der Waals surface area contributed by atoms with E-state index in [4.69, 9.17) is 0 Å². The first-order valence-electron chi connectivity index (χ1n) is 6.03. The van der Waals surface area contributed by atoms with E-state index >= 15 is 0 Å². The summed E-state index contributed by atoms with van der Waals surface area (Å²) in [6.45, 7) is 9.64. The molecule has 1 N–H and O–H groups in total. The summed E-state index contributed by atoms with van der Waals surface area (Å²) < 4.78 is 0.972. The molecule has 2 heterocycles. The third-order valence-electron chi connectivity index (χ3n) is 3.09. The molecule has 1 aromatic rings. The van der Waals surface area contributed by atoms with Crippen LogP contribution in [0.4, 0.5) is 11.6 Å². The van der Waals surface area contributed by atoms with Crippen molar-refractivity contribution < 1.29 is 0 Å². The fourth-order valence-electron chi connectivity index (χ4n) is 2.16. The summed E-state index contributed by atoms with van der Waals surface area (Å²) >= 11 is 3.60. The summed E-state index contributed by atoms with van der Waals surface area (Å²) in [6, 6.07) is 0. The van der Waals surface area contributed by atoms with Gasteiger partial charge >= 0.3 is 0 Å². The first-order chi connectivity index (χ1) is 8.03. The summed E-state index contributed by atoms with van der Waals surface area (Å²) in [6.07, 6.45) is 2.84. The Balaban J connectivity index is 2.24. The van der Waals surface area contributed by atoms with Gasteiger partial charge < -0.3 is 10.2 Å². The third kappa shape index (κ3) is 2.70. The van der Waals surface area contributed by atoms with Gasteiger partial charge in [0, 0.05) is 19.6 Å². The maximum atomic E-state index is 4.40. The predicted octanol–water partition coefficient (Wildman–Crippen LogP) is 2.91. The number of anilines is 2. The quantitative estimate of drug-likeness (QED) is 0.932. The lowest BCUT2D eigenvalue weighted by Crippen LogP contribution is -2.24. The van der Waals surface area contributed by atoms with E-state index in [2.05, 4.69) is 56.9 Å². The van der Waals surface area contributed by atoms with Crippen molar-refractivity contribution in [1.82, 2.24) is 9.97 Å². The van der Waals surface area contributed by atoms with Crippen LogP contribution in [-0.4, -0.2) is 29.6 Å². The standard InChI is InChI=1S/C12H19BrN4/c1-4-14-10-9(13)11(16-8-15-10)17-6-5-12(2,3)7-17/h8H,4-7H2,1-3H3,(H,14,15,16). The highest BCUT2D eigenvalue weighted by Crippen LogP contribution is 2.36. The fourth-order valence-corrected chi connectivity index (χ4v) is 2.76. The monoisotopic (exact) mass is 298 g/mol. The smallest absolute Gasteiger partial charge is 0.148 e. The van der Waals surface area contributed by atoms with E-state index in [1.54, 1.807) is 6.33 Å². The minimum absolute atomic E-state index is 0.378. The van der Waals surface area contributed by atoms with E-state index in [1.807, 2.05) is 0 Å². The maximum Gasteiger partial charge on any atom is 0.148 e. The van der Waals surface area contributed by atoms with Crippen LogP contribution in [0.15, 0.2) is 10.8 Å². The van der Waals surface area contributed by atoms with Crippen LogP contribution in [0.25, 0.3) is 0 Å². The van der Waals surface area contributed by atoms with Crippen molar-refractivity contribution in [3.63, 3.8) is 0 Å². The zero-order valence-corrected chi connectivity index (χ0v) is 12.2. The molecule has 2 rings (SSSR count). The Hall–Kier alpha value is -0.840. The molecule has 0 spiro atoms. The molecule has 5 heteroatoms. The van der Waals surface area contributed by atoms with Gasteiger partial charge in [-0.3, -0.25) is 0 Å². The lowest BCUT2D eigenvalue weighted by molar-refractivity contribution is 0.418. The molecule has 1 aromatic heterocycles. The van der Waals surface area contributed by atoms with E-state index in [9.17, 15) is 0 Å². The molecule has 0 aromatic carbocycles. The fraction of sp³-hybridized carbons (Fsp3) is 0.667. The minimum atomic E-state index is 0.378. The second-order valence-electron chi connectivity index (χ2n) is 5.23. The number of aromatic nitrogens is 2. The normalized spacial score (nSPS) is 18.5. The molecular formula is C12H19BrN4. The first-order valence-corrected chi connectivity index (χ1v) is 6.82. The van der Waals surface area contributed by atoms with Gasteiger partial charge in [0.2, 0.25) is 0 Å². The highest BCUT2D eigenvalue weighted by atomic mass is 79.9. The number of hydrogen-bond donors (Lipinski definition) is 1. The van der Waals surface area contributed by atoms with Gasteiger partial charge in [0.15, 0.2) is 0 Å². The minimum Gasteiger partial charge on any atom is -0.369 e. The van der Waals surface area contributed by atoms with Crippen LogP contribution < -0.4 is 10.2 Å². The Morgan fingerprint density at radius 3 is 2.82 bits per heavy atom. The molecule has 0 atom stereocenters. The van der Waals surface area contributed by atoms with Crippen LogP contribution >= 0.6 is 15.9 Å². The van der Waals surface area contributed by atoms with Crippen LogP contribution in [0.3, 0.4) is 0 Å². The summed E-state index contributed by atoms with van der Waals surface area (Å²) in [7, 11) is 0. The third-order valence-corrected chi connectivity index (χ3v) is 3.82. The van der Waals surface area contributed by atoms with Crippen LogP contribution in [-0.2, 0) is 0 Å². The number of nitrogens with one attached hydrogen (secondary N) is 1. The molecule has 0 amide bonds. The molecular weight excluding hydrogens is 280 g/mol. The molecule has 1 fully saturated rings. The van der Waals surface area contributed by atoms with Crippen molar-refractivity contribution in [2.24, 2.45) is 5.41 Å². The Morgan fingerprint density at radius 1 is 1.47 bits per heavy atom. The molecule has 94 valence electrons. The van der Waals surface area contributed by atoms with Crippen LogP contribution in [0.1, 0.15) is 27.2 Å². The molecule has 1 aliphatic heterocycles. The summed E-state index contributed by atoms with van der Waals surface area (Å²) in [5, 5.41) is 3.24. The molecule has 0 unspecified atom stereocenters. The molecule has 17 heavy (non-hydrogen) atoms. The van der Waals surface area contributed by atoms with Crippen LogP contribution in [0, 0.1) is 5.41 Å². The lowest BCUT2D eigenvalue weighted by atomic mass is 9.93. The van der Waals surface area contributed by atoms with Gasteiger partial charge in [0.25, 0.3) is 0 Å². The Labute approximate surface area is 111 Å². The van der Waals surface area contributed by atoms with E-state index < -0.39 is 0 Å². The zero-order chi connectivity index (χ0) is 12.5. The van der Waals surface area contributed by atoms with Crippen LogP contribution in [0.2, 0.25) is 0 Å². The molecule has 1 saturated heterocycles. The average molecular weight is 299 g/mol. The number of nitrogens with zero attached hydrogens (tertiary/aromatic N) is 3. The van der Waals surface area contributed by atoms with Gasteiger partial charge in [-0.2, -0.15) is 0 Å². The van der Waals surface area contributed by atoms with Gasteiger partial charge in [0.05, 0.1) is 0 Å². The summed E-state index contributed by atoms with van der Waals surface area (Å²) in [5.74, 6) is 1.88. The molecule has 0 radical (unpaired) electrons. The second-order valence-corrected chi connectivity index (χ2v) is 6.02. The molecule has 0 saturated carbocycles. The van der Waals surface area contributed by atoms with E-state index in [0.717, 1.165) is 35.7 Å². The highest BCUT2D eigenvalue weighted by molar-refractivity contribution is 9.10. The zero-order valence-electron chi connectivity index (χ0n) is 10.6. The number of rotatable bonds is 3. The van der Waals surface area contributed by atoms with Gasteiger partial charge in [-0.1, -0.05) is 13.8 Å². The topological polar surface area (TPSA) is 41.1 Å². The lowest BCUT2D eigenvalue weighted by Gasteiger charge is -2.22. The number of hydrogen-bond acceptors (Lipinski definition) is 4. The Kier molecular flexibility index (Phi) is 3.56. The molecule has 4 nitrogen and oxygen atoms in total. The van der Waals surface area contributed by atoms with Crippen molar-refractivity contribution in [2.75, 3.05) is 29.9 Å². The number of halogens is 1. The second kappa shape index (κ2) is 4.80. The largest absolute Gasteiger partial charge is 0.369 e. The maximum absolute atomic E-state index is 4.40. The Bertz CT molecular complexity index is 405. The van der Waals surface area contributed by atoms with Crippen molar-refractivity contribution in [1.29, 1.82) is 0 Å². The van der Waals surface area contributed by atoms with Gasteiger partial charge in [-0.15, -0.1) is 0 Å². The SMILES string of the molecule is CCNc1ncnc(N2CCC(C)(C)C2)c1Br. The Morgan fingerprint density at radius 2 is 2.24 bits per heavy atom. The predicted molar refractivity (Wildman–Crippen MR) is 74.5 cm³/mol. The van der Waals surface area contributed by atoms with Crippen molar-refractivity contribution >= 4 is 27.6 Å². The molecule has 0 bridgehead atoms. The van der Waals surface area contributed by atoms with Crippen molar-refractivity contribution in [2.45, 2.75) is 27.2 Å². The van der Waals surface area contributed by atoms with Crippen LogP contribution in [0.5, 0.6) is 0 Å². The molecule has 0 aliphatic carbocycles. The summed E-state index contributed by atoms with van der Waals surface area (Å²) in [4.78, 5) is 11.0. The van der Waals surface area contributed by atoms with Gasteiger partial charge in [-0.05, 0) is 34.7 Å². The summed E-state index contributed by atoms with van der Waals surface area (Å²) in [5.41, 5.74) is 0.378. The van der Waals surface area contributed by atoms with E-state index in [1.165, 1.54) is 6.42 Å². The first kappa shape index (κ1) is 12.6. The average Bonchev–Trinajstić information content (AvgIpc) is 2.62. The molecule has 1 aliphatic rings.